The van der Waals surface area contributed by atoms with E-state index in [2.05, 4.69) is 10.9 Å². The number of aliphatic carboxylic acids is 1. The third kappa shape index (κ3) is 3.77. The molecule has 2 amide bonds. The number of aryl methyl sites for hydroxylation is 1. The molecule has 1 aromatic carbocycles. The largest absolute Gasteiger partial charge is 0.484 e. The van der Waals surface area contributed by atoms with Crippen molar-refractivity contribution in [2.24, 2.45) is 23.7 Å². The molecule has 26 heavy (non-hydrogen) atoms. The van der Waals surface area contributed by atoms with Crippen LogP contribution in [0.5, 0.6) is 5.75 Å². The van der Waals surface area contributed by atoms with Crippen LogP contribution in [0.15, 0.2) is 18.2 Å². The van der Waals surface area contributed by atoms with E-state index >= 15 is 0 Å². The number of hydrogen-bond acceptors (Lipinski definition) is 4. The maximum Gasteiger partial charge on any atom is 0.307 e. The topological polar surface area (TPSA) is 105 Å². The van der Waals surface area contributed by atoms with Gasteiger partial charge < -0.3 is 9.84 Å². The Bertz CT molecular complexity index is 738. The molecule has 8 heteroatoms. The van der Waals surface area contributed by atoms with Crippen LogP contribution in [0.2, 0.25) is 5.02 Å². The average molecular weight is 381 g/mol. The number of benzene rings is 1. The Hall–Kier alpha value is -2.28. The van der Waals surface area contributed by atoms with Gasteiger partial charge in [0.1, 0.15) is 5.75 Å². The number of rotatable bonds is 5. The molecule has 0 radical (unpaired) electrons. The number of hydrazine groups is 1. The van der Waals surface area contributed by atoms with Crippen LogP contribution in [0, 0.1) is 30.6 Å². The molecule has 0 heterocycles. The number of carbonyl (C=O) groups excluding carboxylic acids is 2. The SMILES string of the molecule is Cc1cc(OCC(=O)NNC(=O)[C@H]2[C@H]3CC[C@@H](C3)[C@@H]2C(=O)O)ccc1Cl. The first-order valence-corrected chi connectivity index (χ1v) is 8.95. The van der Waals surface area contributed by atoms with Crippen LogP contribution in [0.1, 0.15) is 24.8 Å². The predicted molar refractivity (Wildman–Crippen MR) is 93.4 cm³/mol. The molecular formula is C18H21ClN2O5. The van der Waals surface area contributed by atoms with Crippen LogP contribution in [0.3, 0.4) is 0 Å². The highest BCUT2D eigenvalue weighted by Gasteiger charge is 2.54. The van der Waals surface area contributed by atoms with Crippen LogP contribution >= 0.6 is 11.6 Å². The molecule has 2 saturated carbocycles. The van der Waals surface area contributed by atoms with Gasteiger partial charge in [-0.1, -0.05) is 11.6 Å². The maximum atomic E-state index is 12.4. The molecular weight excluding hydrogens is 360 g/mol. The number of carboxylic acids is 1. The molecule has 0 saturated heterocycles. The van der Waals surface area contributed by atoms with E-state index in [1.807, 2.05) is 6.92 Å². The molecule has 3 N–H and O–H groups in total. The van der Waals surface area contributed by atoms with Gasteiger partial charge in [-0.05, 0) is 61.8 Å². The van der Waals surface area contributed by atoms with Crippen molar-refractivity contribution in [1.82, 2.24) is 10.9 Å². The lowest BCUT2D eigenvalue weighted by molar-refractivity contribution is -0.150. The van der Waals surface area contributed by atoms with Gasteiger partial charge in [0, 0.05) is 5.02 Å². The van der Waals surface area contributed by atoms with Gasteiger partial charge in [-0.2, -0.15) is 0 Å². The van der Waals surface area contributed by atoms with E-state index in [9.17, 15) is 19.5 Å². The molecule has 0 spiro atoms. The summed E-state index contributed by atoms with van der Waals surface area (Å²) < 4.78 is 5.35. The Balaban J connectivity index is 1.49. The van der Waals surface area contributed by atoms with Gasteiger partial charge >= 0.3 is 5.97 Å². The summed E-state index contributed by atoms with van der Waals surface area (Å²) in [6.45, 7) is 1.55. The molecule has 0 unspecified atom stereocenters. The van der Waals surface area contributed by atoms with Gasteiger partial charge in [0.05, 0.1) is 11.8 Å². The van der Waals surface area contributed by atoms with Crippen molar-refractivity contribution < 1.29 is 24.2 Å². The third-order valence-corrected chi connectivity index (χ3v) is 5.75. The molecule has 2 fully saturated rings. The van der Waals surface area contributed by atoms with Gasteiger partial charge in [-0.15, -0.1) is 0 Å². The quantitative estimate of drug-likeness (QED) is 0.677. The van der Waals surface area contributed by atoms with E-state index in [0.29, 0.717) is 10.8 Å². The highest BCUT2D eigenvalue weighted by Crippen LogP contribution is 2.52. The fraction of sp³-hybridized carbons (Fsp3) is 0.500. The number of fused-ring (bicyclic) bond motifs is 2. The minimum Gasteiger partial charge on any atom is -0.484 e. The Morgan fingerprint density at radius 1 is 1.19 bits per heavy atom. The van der Waals surface area contributed by atoms with E-state index in [0.717, 1.165) is 24.8 Å². The monoisotopic (exact) mass is 380 g/mol. The number of nitrogens with one attached hydrogen (secondary N) is 2. The number of ether oxygens (including phenoxy) is 1. The molecule has 3 rings (SSSR count). The maximum absolute atomic E-state index is 12.4. The Labute approximate surface area is 156 Å². The zero-order chi connectivity index (χ0) is 18.8. The van der Waals surface area contributed by atoms with E-state index in [1.54, 1.807) is 18.2 Å². The van der Waals surface area contributed by atoms with E-state index in [4.69, 9.17) is 16.3 Å². The smallest absolute Gasteiger partial charge is 0.307 e. The predicted octanol–water partition coefficient (Wildman–Crippen LogP) is 1.92. The minimum atomic E-state index is -0.940. The van der Waals surface area contributed by atoms with Crippen molar-refractivity contribution in [3.8, 4) is 5.75 Å². The Morgan fingerprint density at radius 2 is 1.88 bits per heavy atom. The Kier molecular flexibility index (Phi) is 5.36. The summed E-state index contributed by atoms with van der Waals surface area (Å²) >= 11 is 5.93. The summed E-state index contributed by atoms with van der Waals surface area (Å²) in [5.41, 5.74) is 5.47. The summed E-state index contributed by atoms with van der Waals surface area (Å²) in [6, 6.07) is 5.03. The van der Waals surface area contributed by atoms with Gasteiger partial charge in [0.2, 0.25) is 5.91 Å². The molecule has 1 aromatic rings. The fourth-order valence-electron chi connectivity index (χ4n) is 4.13. The second-order valence-electron chi connectivity index (χ2n) is 6.96. The molecule has 2 bridgehead atoms. The summed E-state index contributed by atoms with van der Waals surface area (Å²) in [5.74, 6) is -2.55. The minimum absolute atomic E-state index is 0.0560. The molecule has 2 aliphatic carbocycles. The van der Waals surface area contributed by atoms with Crippen LogP contribution < -0.4 is 15.6 Å². The van der Waals surface area contributed by atoms with Gasteiger partial charge in [-0.3, -0.25) is 25.2 Å². The van der Waals surface area contributed by atoms with Crippen molar-refractivity contribution in [3.05, 3.63) is 28.8 Å². The molecule has 4 atom stereocenters. The number of halogens is 1. The van der Waals surface area contributed by atoms with Crippen molar-refractivity contribution in [2.75, 3.05) is 6.61 Å². The summed E-state index contributed by atoms with van der Waals surface area (Å²) in [7, 11) is 0. The van der Waals surface area contributed by atoms with Crippen molar-refractivity contribution >= 4 is 29.4 Å². The van der Waals surface area contributed by atoms with Crippen molar-refractivity contribution in [3.63, 3.8) is 0 Å². The van der Waals surface area contributed by atoms with Gasteiger partial charge in [-0.25, -0.2) is 0 Å². The number of carboxylic acid groups (broad SMARTS) is 1. The first-order valence-electron chi connectivity index (χ1n) is 8.57. The molecule has 2 aliphatic rings. The molecule has 0 aromatic heterocycles. The van der Waals surface area contributed by atoms with E-state index in [1.165, 1.54) is 0 Å². The zero-order valence-electron chi connectivity index (χ0n) is 14.3. The number of hydrogen-bond donors (Lipinski definition) is 3. The fourth-order valence-corrected chi connectivity index (χ4v) is 4.25. The van der Waals surface area contributed by atoms with Crippen LogP contribution in [0.25, 0.3) is 0 Å². The lowest BCUT2D eigenvalue weighted by atomic mass is 9.79. The summed E-state index contributed by atoms with van der Waals surface area (Å²) in [4.78, 5) is 35.7. The summed E-state index contributed by atoms with van der Waals surface area (Å²) in [5, 5.41) is 9.99. The highest BCUT2D eigenvalue weighted by molar-refractivity contribution is 6.31. The van der Waals surface area contributed by atoms with Crippen LogP contribution in [0.4, 0.5) is 0 Å². The first kappa shape index (κ1) is 18.5. The van der Waals surface area contributed by atoms with Crippen molar-refractivity contribution in [1.29, 1.82) is 0 Å². The number of carbonyl (C=O) groups is 3. The standard InChI is InChI=1S/C18H21ClN2O5/c1-9-6-12(4-5-13(9)19)26-8-14(22)20-21-17(23)15-10-2-3-11(7-10)16(15)18(24)25/h4-6,10-11,15-16H,2-3,7-8H2,1H3,(H,20,22)(H,21,23)(H,24,25)/t10-,11-,15-,16-/m0/s1. The van der Waals surface area contributed by atoms with Crippen molar-refractivity contribution in [2.45, 2.75) is 26.2 Å². The highest BCUT2D eigenvalue weighted by atomic mass is 35.5. The molecule has 140 valence electrons. The number of amides is 2. The normalized spacial score (nSPS) is 26.4. The first-order chi connectivity index (χ1) is 12.4. The van der Waals surface area contributed by atoms with Gasteiger partial charge in [0.15, 0.2) is 6.61 Å². The molecule has 0 aliphatic heterocycles. The van der Waals surface area contributed by atoms with E-state index in [-0.39, 0.29) is 18.4 Å². The van der Waals surface area contributed by atoms with Gasteiger partial charge in [0.25, 0.3) is 5.91 Å². The second-order valence-corrected chi connectivity index (χ2v) is 7.37. The molecule has 7 nitrogen and oxygen atoms in total. The lowest BCUT2D eigenvalue weighted by Crippen LogP contribution is -2.49. The van der Waals surface area contributed by atoms with Crippen LogP contribution in [-0.4, -0.2) is 29.5 Å². The third-order valence-electron chi connectivity index (χ3n) is 5.33. The summed E-state index contributed by atoms with van der Waals surface area (Å²) in [6.07, 6.45) is 2.48. The zero-order valence-corrected chi connectivity index (χ0v) is 15.1. The van der Waals surface area contributed by atoms with E-state index < -0.39 is 29.6 Å². The second kappa shape index (κ2) is 7.53. The van der Waals surface area contributed by atoms with Crippen LogP contribution in [-0.2, 0) is 14.4 Å². The lowest BCUT2D eigenvalue weighted by Gasteiger charge is -2.26. The Morgan fingerprint density at radius 3 is 2.54 bits per heavy atom. The average Bonchev–Trinajstić information content (AvgIpc) is 3.21.